The van der Waals surface area contributed by atoms with Crippen LogP contribution >= 0.6 is 11.6 Å². The van der Waals surface area contributed by atoms with Gasteiger partial charge in [-0.1, -0.05) is 103 Å². The average molecular weight is 734 g/mol. The molecule has 0 unspecified atom stereocenters. The summed E-state index contributed by atoms with van der Waals surface area (Å²) >= 11 is 6.68. The van der Waals surface area contributed by atoms with Crippen molar-refractivity contribution in [3.8, 4) is 0 Å². The van der Waals surface area contributed by atoms with Crippen LogP contribution in [0, 0.1) is 0 Å². The number of alkyl carbamates (subject to hydrolysis) is 1. The van der Waals surface area contributed by atoms with E-state index in [9.17, 15) is 18.0 Å². The van der Waals surface area contributed by atoms with E-state index in [1.807, 2.05) is 59.3 Å². The van der Waals surface area contributed by atoms with Crippen LogP contribution in [0.1, 0.15) is 65.8 Å². The number of benzene rings is 4. The molecule has 12 heteroatoms. The highest BCUT2D eigenvalue weighted by Gasteiger charge is 2.41. The molecule has 0 radical (unpaired) electrons. The zero-order valence-electron chi connectivity index (χ0n) is 28.7. The molecule has 1 atom stereocenters. The molecule has 0 bridgehead atoms. The number of rotatable bonds is 7. The normalized spacial score (nSPS) is 15.4. The van der Waals surface area contributed by atoms with E-state index in [1.54, 1.807) is 39.2 Å². The van der Waals surface area contributed by atoms with Gasteiger partial charge in [-0.25, -0.2) is 22.9 Å². The Morgan fingerprint density at radius 3 is 2.00 bits per heavy atom. The van der Waals surface area contributed by atoms with Gasteiger partial charge < -0.3 is 15.4 Å². The molecule has 0 fully saturated rings. The molecule has 0 saturated carbocycles. The highest BCUT2D eigenvalue weighted by molar-refractivity contribution is 7.91. The van der Waals surface area contributed by atoms with Gasteiger partial charge in [0.25, 0.3) is 5.91 Å². The first-order valence-corrected chi connectivity index (χ1v) is 18.8. The van der Waals surface area contributed by atoms with Crippen molar-refractivity contribution in [3.63, 3.8) is 0 Å². The van der Waals surface area contributed by atoms with Gasteiger partial charge in [0.2, 0.25) is 0 Å². The van der Waals surface area contributed by atoms with Crippen LogP contribution in [0.5, 0.6) is 0 Å². The third-order valence-electron chi connectivity index (χ3n) is 9.03. The number of amides is 2. The zero-order valence-corrected chi connectivity index (χ0v) is 30.3. The number of fused-ring (bicyclic) bond motifs is 2. The summed E-state index contributed by atoms with van der Waals surface area (Å²) in [5.74, 6) is -0.842. The minimum absolute atomic E-state index is 0.0292. The number of halogens is 1. The van der Waals surface area contributed by atoms with Crippen molar-refractivity contribution in [2.75, 3.05) is 11.1 Å². The number of anilines is 1. The summed E-state index contributed by atoms with van der Waals surface area (Å²) < 4.78 is 33.8. The summed E-state index contributed by atoms with van der Waals surface area (Å²) in [5, 5.41) is 11.2. The lowest BCUT2D eigenvalue weighted by atomic mass is 9.77. The number of hydrogen-bond acceptors (Lipinski definition) is 7. The largest absolute Gasteiger partial charge is 0.444 e. The Labute approximate surface area is 306 Å². The van der Waals surface area contributed by atoms with Crippen LogP contribution in [0.25, 0.3) is 11.0 Å². The Kier molecular flexibility index (Phi) is 9.10. The van der Waals surface area contributed by atoms with Gasteiger partial charge in [-0.15, -0.1) is 0 Å². The molecule has 1 aliphatic rings. The van der Waals surface area contributed by atoms with Crippen LogP contribution in [-0.2, 0) is 20.1 Å². The summed E-state index contributed by atoms with van der Waals surface area (Å²) in [6.07, 6.45) is 2.70. The van der Waals surface area contributed by atoms with Crippen LogP contribution in [0.2, 0.25) is 5.02 Å². The Hall–Kier alpha value is -5.52. The molecule has 3 heterocycles. The van der Waals surface area contributed by atoms with Crippen molar-refractivity contribution in [3.05, 3.63) is 154 Å². The van der Waals surface area contributed by atoms with Crippen LogP contribution in [0.15, 0.2) is 126 Å². The van der Waals surface area contributed by atoms with Gasteiger partial charge in [-0.2, -0.15) is 5.10 Å². The summed E-state index contributed by atoms with van der Waals surface area (Å²) in [5.41, 5.74) is 2.35. The van der Waals surface area contributed by atoms with E-state index in [0.29, 0.717) is 22.3 Å². The minimum Gasteiger partial charge on any atom is -0.444 e. The highest BCUT2D eigenvalue weighted by Crippen LogP contribution is 2.43. The van der Waals surface area contributed by atoms with Gasteiger partial charge in [-0.05, 0) is 67.6 Å². The van der Waals surface area contributed by atoms with Gasteiger partial charge >= 0.3 is 6.09 Å². The van der Waals surface area contributed by atoms with Gasteiger partial charge in [-0.3, -0.25) is 4.79 Å². The number of carbonyl (C=O) groups excluding carboxylic acids is 2. The molecule has 6 aromatic rings. The number of carbonyl (C=O) groups is 2. The maximum Gasteiger partial charge on any atom is 0.408 e. The number of hydrogen-bond donors (Lipinski definition) is 2. The smallest absolute Gasteiger partial charge is 0.408 e. The topological polar surface area (TPSA) is 132 Å². The molecule has 2 amide bonds. The molecule has 0 aliphatic carbocycles. The average Bonchev–Trinajstić information content (AvgIpc) is 3.56. The Balaban J connectivity index is 1.30. The fourth-order valence-electron chi connectivity index (χ4n) is 6.80. The number of ether oxygens (including phenoxy) is 1. The number of nitrogens with zero attached hydrogens (tertiary/aromatic N) is 3. The first-order chi connectivity index (χ1) is 24.9. The molecule has 2 aromatic heterocycles. The highest BCUT2D eigenvalue weighted by atomic mass is 35.5. The SMILES string of the molecule is CC(C)(C)OC(=O)N[C@H]1CCS(=O)(=O)c2cc(C(=O)Nc3ccnc4c3cnn4C(c3ccccc3)(c3ccccc3)c3ccccc3)c(Cl)cc21. The molecule has 264 valence electrons. The Bertz CT molecular complexity index is 2300. The van der Waals surface area contributed by atoms with Crippen molar-refractivity contribution >= 4 is 50.2 Å². The monoisotopic (exact) mass is 733 g/mol. The number of aromatic nitrogens is 3. The molecular formula is C40H36ClN5O5S. The number of nitrogens with one attached hydrogen (secondary N) is 2. The first-order valence-electron chi connectivity index (χ1n) is 16.8. The van der Waals surface area contributed by atoms with E-state index in [0.717, 1.165) is 16.7 Å². The van der Waals surface area contributed by atoms with Crippen LogP contribution < -0.4 is 10.6 Å². The third kappa shape index (κ3) is 6.42. The molecule has 0 spiro atoms. The van der Waals surface area contributed by atoms with E-state index < -0.39 is 39.0 Å². The molecule has 1 aliphatic heterocycles. The summed E-state index contributed by atoms with van der Waals surface area (Å²) in [4.78, 5) is 31.2. The minimum atomic E-state index is -3.77. The van der Waals surface area contributed by atoms with Crippen molar-refractivity contribution in [2.45, 2.75) is 49.3 Å². The van der Waals surface area contributed by atoms with Crippen molar-refractivity contribution in [1.29, 1.82) is 0 Å². The molecule has 2 N–H and O–H groups in total. The zero-order chi connectivity index (χ0) is 36.7. The predicted octanol–water partition coefficient (Wildman–Crippen LogP) is 7.92. The van der Waals surface area contributed by atoms with Gasteiger partial charge in [0.05, 0.1) is 44.5 Å². The third-order valence-corrected chi connectivity index (χ3v) is 11.1. The molecular weight excluding hydrogens is 698 g/mol. The second kappa shape index (κ2) is 13.6. The van der Waals surface area contributed by atoms with Gasteiger partial charge in [0.1, 0.15) is 11.1 Å². The lowest BCUT2D eigenvalue weighted by Gasteiger charge is -2.36. The molecule has 52 heavy (non-hydrogen) atoms. The molecule has 4 aromatic carbocycles. The maximum absolute atomic E-state index is 13.9. The first kappa shape index (κ1) is 34.9. The fourth-order valence-corrected chi connectivity index (χ4v) is 8.68. The lowest BCUT2D eigenvalue weighted by Crippen LogP contribution is -2.38. The van der Waals surface area contributed by atoms with Crippen LogP contribution in [0.4, 0.5) is 10.5 Å². The summed E-state index contributed by atoms with van der Waals surface area (Å²) in [7, 11) is -3.77. The van der Waals surface area contributed by atoms with Crippen molar-refractivity contribution in [1.82, 2.24) is 20.1 Å². The predicted molar refractivity (Wildman–Crippen MR) is 200 cm³/mol. The molecule has 7 rings (SSSR count). The van der Waals surface area contributed by atoms with E-state index in [2.05, 4.69) is 47.0 Å². The fraction of sp³-hybridized carbons (Fsp3) is 0.200. The van der Waals surface area contributed by atoms with E-state index in [-0.39, 0.29) is 27.7 Å². The standard InChI is InChI=1S/C40H36ClN5O5S/c1-39(2,3)51-38(48)45-34-20-22-52(49,50)35-24-29(32(41)23-30(34)35)37(47)44-33-19-21-42-36-31(33)25-43-46(36)40(26-13-7-4-8-14-26,27-15-9-5-10-16-27)28-17-11-6-12-18-28/h4-19,21,23-25,34H,20,22H2,1-3H3,(H,45,48)(H,42,44,47)/t34-/m0/s1. The second-order valence-electron chi connectivity index (χ2n) is 13.6. The lowest BCUT2D eigenvalue weighted by molar-refractivity contribution is 0.0500. The number of sulfone groups is 1. The van der Waals surface area contributed by atoms with Crippen molar-refractivity contribution < 1.29 is 22.7 Å². The number of pyridine rings is 1. The van der Waals surface area contributed by atoms with Gasteiger partial charge in [0, 0.05) is 6.20 Å². The van der Waals surface area contributed by atoms with Gasteiger partial charge in [0.15, 0.2) is 15.5 Å². The maximum atomic E-state index is 13.9. The Morgan fingerprint density at radius 1 is 0.865 bits per heavy atom. The molecule has 10 nitrogen and oxygen atoms in total. The van der Waals surface area contributed by atoms with E-state index >= 15 is 0 Å². The van der Waals surface area contributed by atoms with E-state index in [1.165, 1.54) is 12.1 Å². The second-order valence-corrected chi connectivity index (χ2v) is 16.1. The van der Waals surface area contributed by atoms with Crippen molar-refractivity contribution in [2.24, 2.45) is 0 Å². The van der Waals surface area contributed by atoms with Crippen LogP contribution in [0.3, 0.4) is 0 Å². The van der Waals surface area contributed by atoms with Crippen LogP contribution in [-0.4, -0.2) is 46.5 Å². The Morgan fingerprint density at radius 2 is 1.44 bits per heavy atom. The van der Waals surface area contributed by atoms with E-state index in [4.69, 9.17) is 26.4 Å². The quantitative estimate of drug-likeness (QED) is 0.159. The summed E-state index contributed by atoms with van der Waals surface area (Å²) in [6.45, 7) is 5.21. The summed E-state index contributed by atoms with van der Waals surface area (Å²) in [6, 6.07) is 33.8. The molecule has 0 saturated heterocycles.